The molecule has 2 aromatic rings. The fraction of sp³-hybridized carbons (Fsp3) is 0.656. The number of ether oxygens (including phenoxy) is 3. The van der Waals surface area contributed by atoms with Crippen LogP contribution in [0, 0.1) is 11.3 Å². The van der Waals surface area contributed by atoms with Crippen molar-refractivity contribution < 1.29 is 18.6 Å². The van der Waals surface area contributed by atoms with Gasteiger partial charge < -0.3 is 24.8 Å². The van der Waals surface area contributed by atoms with Crippen molar-refractivity contribution in [3.63, 3.8) is 0 Å². The van der Waals surface area contributed by atoms with Gasteiger partial charge in [-0.25, -0.2) is 4.39 Å². The van der Waals surface area contributed by atoms with Crippen LogP contribution >= 0.6 is 0 Å². The molecular formula is C32H41FN6O3. The molecule has 42 heavy (non-hydrogen) atoms. The Hall–Kier alpha value is -3.00. The normalized spacial score (nSPS) is 32.0. The molecule has 5 atom stereocenters. The molecule has 1 spiro atoms. The summed E-state index contributed by atoms with van der Waals surface area (Å²) in [5.41, 5.74) is 10.3. The first-order chi connectivity index (χ1) is 20.4. The number of nitrogen functional groups attached to an aromatic ring is 1. The number of nitrogens with zero attached hydrogens (tertiary/aromatic N) is 5. The molecule has 2 N–H and O–H groups in total. The second-order valence-electron chi connectivity index (χ2n) is 13.1. The number of halogens is 1. The lowest BCUT2D eigenvalue weighted by molar-refractivity contribution is -0.0873. The lowest BCUT2D eigenvalue weighted by Crippen LogP contribution is -2.44. The van der Waals surface area contributed by atoms with Gasteiger partial charge in [0.05, 0.1) is 36.1 Å². The number of rotatable bonds is 6. The van der Waals surface area contributed by atoms with Crippen molar-refractivity contribution in [2.75, 3.05) is 50.6 Å². The van der Waals surface area contributed by atoms with Gasteiger partial charge in [-0.15, -0.1) is 0 Å². The van der Waals surface area contributed by atoms with E-state index in [9.17, 15) is 9.65 Å². The molecule has 0 bridgehead atoms. The summed E-state index contributed by atoms with van der Waals surface area (Å²) in [6.07, 6.45) is 5.98. The summed E-state index contributed by atoms with van der Waals surface area (Å²) in [5.74, 6) is 1.15. The predicted molar refractivity (Wildman–Crippen MR) is 156 cm³/mol. The van der Waals surface area contributed by atoms with Gasteiger partial charge in [0.15, 0.2) is 0 Å². The van der Waals surface area contributed by atoms with Gasteiger partial charge in [0.25, 0.3) is 0 Å². The van der Waals surface area contributed by atoms with Gasteiger partial charge in [-0.2, -0.15) is 15.2 Å². The van der Waals surface area contributed by atoms with Crippen molar-refractivity contribution in [3.05, 3.63) is 40.1 Å². The Kier molecular flexibility index (Phi) is 7.03. The number of aromatic nitrogens is 2. The molecule has 5 heterocycles. The molecule has 4 aliphatic heterocycles. The van der Waals surface area contributed by atoms with Crippen molar-refractivity contribution in [3.8, 4) is 12.1 Å². The van der Waals surface area contributed by atoms with Gasteiger partial charge >= 0.3 is 6.01 Å². The molecule has 224 valence electrons. The molecule has 10 heteroatoms. The zero-order chi connectivity index (χ0) is 29.1. The van der Waals surface area contributed by atoms with Gasteiger partial charge in [-0.3, -0.25) is 4.90 Å². The van der Waals surface area contributed by atoms with Crippen LogP contribution < -0.4 is 15.4 Å². The van der Waals surface area contributed by atoms with Gasteiger partial charge in [0.2, 0.25) is 0 Å². The topological polar surface area (TPSA) is 110 Å². The van der Waals surface area contributed by atoms with Crippen LogP contribution in [0.25, 0.3) is 0 Å². The molecule has 5 aliphatic rings. The highest BCUT2D eigenvalue weighted by Gasteiger charge is 2.50. The average Bonchev–Trinajstić information content (AvgIpc) is 3.68. The Bertz CT molecular complexity index is 1420. The van der Waals surface area contributed by atoms with Crippen LogP contribution in [-0.4, -0.2) is 72.6 Å². The van der Waals surface area contributed by atoms with Crippen LogP contribution in [0.3, 0.4) is 0 Å². The van der Waals surface area contributed by atoms with Crippen LogP contribution in [0.4, 0.5) is 15.9 Å². The van der Waals surface area contributed by atoms with Crippen LogP contribution in [-0.2, 0) is 28.1 Å². The molecule has 1 aromatic heterocycles. The number of alkyl halides is 1. The minimum atomic E-state index is -0.819. The lowest BCUT2D eigenvalue weighted by atomic mass is 9.69. The molecular weight excluding hydrogens is 535 g/mol. The maximum Gasteiger partial charge on any atom is 0.318 e. The standard InChI is InChI=1S/C32H41FN6O3/c1-20-8-10-32(28-23(20)6-7-26(35)24(28)15-34)14-27-25(18-42-32)29(39-12-3-5-22(39)17-40-2)37-30(36-27)41-19-31-9-4-11-38(31)16-21(33)13-31/h6-7,20-22H,3-5,8-14,16-19,35H2,1-2H3. The number of benzene rings is 1. The third-order valence-corrected chi connectivity index (χ3v) is 10.6. The molecule has 9 nitrogen and oxygen atoms in total. The van der Waals surface area contributed by atoms with Crippen molar-refractivity contribution in [2.24, 2.45) is 0 Å². The minimum absolute atomic E-state index is 0.213. The smallest absolute Gasteiger partial charge is 0.318 e. The van der Waals surface area contributed by atoms with E-state index in [2.05, 4.69) is 28.9 Å². The third kappa shape index (κ3) is 4.43. The summed E-state index contributed by atoms with van der Waals surface area (Å²) in [7, 11) is 1.74. The molecule has 0 radical (unpaired) electrons. The van der Waals surface area contributed by atoms with Crippen LogP contribution in [0.15, 0.2) is 12.1 Å². The fourth-order valence-electron chi connectivity index (χ4n) is 8.46. The number of nitriles is 1. The predicted octanol–water partition coefficient (Wildman–Crippen LogP) is 4.37. The van der Waals surface area contributed by atoms with Crippen molar-refractivity contribution in [1.29, 1.82) is 5.26 Å². The highest BCUT2D eigenvalue weighted by molar-refractivity contribution is 5.64. The maximum absolute atomic E-state index is 14.5. The Balaban J connectivity index is 1.29. The molecule has 1 aromatic carbocycles. The van der Waals surface area contributed by atoms with Crippen molar-refractivity contribution >= 4 is 11.5 Å². The summed E-state index contributed by atoms with van der Waals surface area (Å²) in [5, 5.41) is 10.2. The molecule has 3 fully saturated rings. The summed E-state index contributed by atoms with van der Waals surface area (Å²) in [6, 6.07) is 6.83. The van der Waals surface area contributed by atoms with Crippen molar-refractivity contribution in [1.82, 2.24) is 14.9 Å². The van der Waals surface area contributed by atoms with E-state index in [1.807, 2.05) is 6.07 Å². The third-order valence-electron chi connectivity index (χ3n) is 10.6. The SMILES string of the molecule is COCC1CCCN1c1nc(OCC23CCCN2CC(F)C3)nc2c1COC1(CCC(C)c3ccc(N)c(C#N)c31)C2. The Morgan fingerprint density at radius 1 is 1.21 bits per heavy atom. The molecule has 0 saturated carbocycles. The zero-order valence-corrected chi connectivity index (χ0v) is 24.7. The number of nitrogens with two attached hydrogens (primary N) is 1. The molecule has 5 unspecified atom stereocenters. The first kappa shape index (κ1) is 27.8. The Morgan fingerprint density at radius 3 is 2.93 bits per heavy atom. The second kappa shape index (κ2) is 10.6. The molecule has 1 aliphatic carbocycles. The van der Waals surface area contributed by atoms with Gasteiger partial charge in [-0.1, -0.05) is 13.0 Å². The van der Waals surface area contributed by atoms with E-state index in [0.29, 0.717) is 62.4 Å². The monoisotopic (exact) mass is 576 g/mol. The Labute approximate surface area is 247 Å². The lowest BCUT2D eigenvalue weighted by Gasteiger charge is -2.45. The summed E-state index contributed by atoms with van der Waals surface area (Å²) >= 11 is 0. The maximum atomic E-state index is 14.5. The van der Waals surface area contributed by atoms with Crippen LogP contribution in [0.2, 0.25) is 0 Å². The quantitative estimate of drug-likeness (QED) is 0.502. The Morgan fingerprint density at radius 2 is 2.10 bits per heavy atom. The molecule has 3 saturated heterocycles. The highest BCUT2D eigenvalue weighted by Crippen LogP contribution is 2.51. The number of hydrogen-bond acceptors (Lipinski definition) is 9. The summed E-state index contributed by atoms with van der Waals surface area (Å²) in [4.78, 5) is 14.6. The van der Waals surface area contributed by atoms with E-state index in [4.69, 9.17) is 29.9 Å². The number of hydrogen-bond donors (Lipinski definition) is 1. The number of anilines is 2. The van der Waals surface area contributed by atoms with Gasteiger partial charge in [0, 0.05) is 49.9 Å². The second-order valence-corrected chi connectivity index (χ2v) is 13.1. The van der Waals surface area contributed by atoms with E-state index >= 15 is 0 Å². The van der Waals surface area contributed by atoms with E-state index < -0.39 is 11.8 Å². The van der Waals surface area contributed by atoms with E-state index in [-0.39, 0.29) is 11.6 Å². The van der Waals surface area contributed by atoms with E-state index in [1.54, 1.807) is 7.11 Å². The number of fused-ring (bicyclic) bond motifs is 4. The zero-order valence-electron chi connectivity index (χ0n) is 24.7. The highest BCUT2D eigenvalue weighted by atomic mass is 19.1. The van der Waals surface area contributed by atoms with E-state index in [0.717, 1.165) is 79.8 Å². The first-order valence-corrected chi connectivity index (χ1v) is 15.5. The van der Waals surface area contributed by atoms with Crippen molar-refractivity contribution in [2.45, 2.75) is 94.2 Å². The largest absolute Gasteiger partial charge is 0.461 e. The molecule has 0 amide bonds. The number of methoxy groups -OCH3 is 1. The summed E-state index contributed by atoms with van der Waals surface area (Å²) in [6.45, 7) is 5.81. The molecule has 7 rings (SSSR count). The average molecular weight is 577 g/mol. The van der Waals surface area contributed by atoms with Gasteiger partial charge in [-0.05, 0) is 62.6 Å². The van der Waals surface area contributed by atoms with E-state index in [1.165, 1.54) is 0 Å². The first-order valence-electron chi connectivity index (χ1n) is 15.5. The fourth-order valence-corrected chi connectivity index (χ4v) is 8.46. The van der Waals surface area contributed by atoms with Crippen LogP contribution in [0.5, 0.6) is 6.01 Å². The summed E-state index contributed by atoms with van der Waals surface area (Å²) < 4.78 is 33.3. The van der Waals surface area contributed by atoms with Gasteiger partial charge in [0.1, 0.15) is 30.3 Å². The van der Waals surface area contributed by atoms with Crippen LogP contribution in [0.1, 0.15) is 85.7 Å². The minimum Gasteiger partial charge on any atom is -0.461 e.